The molecular weight excluding hydrogens is 332 g/mol. The van der Waals surface area contributed by atoms with Gasteiger partial charge in [0, 0.05) is 6.21 Å². The van der Waals surface area contributed by atoms with Crippen LogP contribution in [-0.2, 0) is 9.53 Å². The van der Waals surface area contributed by atoms with E-state index in [9.17, 15) is 4.79 Å². The number of nitrogens with zero attached hydrogens (tertiary/aromatic N) is 2. The maximum absolute atomic E-state index is 12.5. The summed E-state index contributed by atoms with van der Waals surface area (Å²) in [5.74, 6) is -0.801. The van der Waals surface area contributed by atoms with Crippen molar-refractivity contribution in [3.05, 3.63) is 40.6 Å². The van der Waals surface area contributed by atoms with Gasteiger partial charge in [-0.05, 0) is 47.5 Å². The molecule has 2 unspecified atom stereocenters. The molecule has 21 heavy (non-hydrogen) atoms. The number of rotatable bonds is 6. The Labute approximate surface area is 133 Å². The second-order valence-corrected chi connectivity index (χ2v) is 5.76. The molecule has 0 amide bonds. The molecule has 4 nitrogen and oxygen atoms in total. The second-order valence-electron chi connectivity index (χ2n) is 4.95. The van der Waals surface area contributed by atoms with Crippen LogP contribution >= 0.6 is 15.9 Å². The smallest absolute Gasteiger partial charge is 0.317 e. The summed E-state index contributed by atoms with van der Waals surface area (Å²) in [5.41, 5.74) is 0.0920. The number of carbonyl (C=O) groups excluding carboxylic acids is 1. The predicted octanol–water partition coefficient (Wildman–Crippen LogP) is 3.67. The van der Waals surface area contributed by atoms with E-state index in [4.69, 9.17) is 4.74 Å². The Morgan fingerprint density at radius 1 is 1.43 bits per heavy atom. The van der Waals surface area contributed by atoms with Gasteiger partial charge in [-0.15, -0.1) is 0 Å². The van der Waals surface area contributed by atoms with Crippen molar-refractivity contribution in [1.82, 2.24) is 4.98 Å². The first-order chi connectivity index (χ1) is 10.1. The first-order valence-electron chi connectivity index (χ1n) is 7.15. The minimum Gasteiger partial charge on any atom is -0.465 e. The zero-order valence-corrected chi connectivity index (χ0v) is 13.8. The normalized spacial score (nSPS) is 21.5. The molecule has 0 saturated heterocycles. The summed E-state index contributed by atoms with van der Waals surface area (Å²) in [6.07, 6.45) is 7.32. The molecule has 0 radical (unpaired) electrons. The Bertz CT molecular complexity index is 557. The third-order valence-corrected chi connectivity index (χ3v) is 3.93. The van der Waals surface area contributed by atoms with Crippen molar-refractivity contribution in [1.29, 1.82) is 0 Å². The Hall–Kier alpha value is -1.49. The van der Waals surface area contributed by atoms with Crippen molar-refractivity contribution < 1.29 is 9.53 Å². The highest BCUT2D eigenvalue weighted by molar-refractivity contribution is 9.10. The van der Waals surface area contributed by atoms with Crippen molar-refractivity contribution in [2.45, 2.75) is 38.1 Å². The first-order valence-corrected chi connectivity index (χ1v) is 7.94. The Morgan fingerprint density at radius 2 is 2.24 bits per heavy atom. The lowest BCUT2D eigenvalue weighted by Gasteiger charge is -2.31. The van der Waals surface area contributed by atoms with E-state index in [0.29, 0.717) is 16.9 Å². The van der Waals surface area contributed by atoms with Gasteiger partial charge < -0.3 is 4.74 Å². The standard InChI is InChI=1S/C16H19BrN2O2/c1-3-9-16(10-6-11-18-16)14(15(20)21-4-2)12-7-5-8-13(17)19-12/h5-8,10-11,14H,3-4,9H2,1-2H3. The van der Waals surface area contributed by atoms with Crippen LogP contribution < -0.4 is 0 Å². The van der Waals surface area contributed by atoms with Gasteiger partial charge in [-0.25, -0.2) is 4.98 Å². The van der Waals surface area contributed by atoms with Gasteiger partial charge in [-0.1, -0.05) is 25.5 Å². The second kappa shape index (κ2) is 6.98. The SMILES string of the molecule is CCCC1(C(C(=O)OCC)c2cccc(Br)n2)C=CC=N1. The fraction of sp³-hybridized carbons (Fsp3) is 0.438. The summed E-state index contributed by atoms with van der Waals surface area (Å²) in [5, 5.41) is 0. The van der Waals surface area contributed by atoms with E-state index in [1.165, 1.54) is 0 Å². The number of hydrogen-bond donors (Lipinski definition) is 0. The van der Waals surface area contributed by atoms with Crippen LogP contribution in [0.2, 0.25) is 0 Å². The average molecular weight is 351 g/mol. The highest BCUT2D eigenvalue weighted by atomic mass is 79.9. The topological polar surface area (TPSA) is 51.5 Å². The number of carbonyl (C=O) groups is 1. The van der Waals surface area contributed by atoms with Crippen LogP contribution in [0.25, 0.3) is 0 Å². The van der Waals surface area contributed by atoms with Gasteiger partial charge >= 0.3 is 5.97 Å². The number of esters is 1. The number of ether oxygens (including phenoxy) is 1. The predicted molar refractivity (Wildman–Crippen MR) is 86.6 cm³/mol. The number of aromatic nitrogens is 1. The molecule has 0 saturated carbocycles. The van der Waals surface area contributed by atoms with Crippen molar-refractivity contribution in [3.8, 4) is 0 Å². The maximum Gasteiger partial charge on any atom is 0.317 e. The summed E-state index contributed by atoms with van der Waals surface area (Å²) in [4.78, 5) is 21.6. The fourth-order valence-electron chi connectivity index (χ4n) is 2.69. The molecule has 5 heteroatoms. The van der Waals surface area contributed by atoms with Crippen molar-refractivity contribution in [2.75, 3.05) is 6.61 Å². The van der Waals surface area contributed by atoms with E-state index in [-0.39, 0.29) is 5.97 Å². The zero-order chi connectivity index (χ0) is 15.3. The van der Waals surface area contributed by atoms with E-state index in [1.807, 2.05) is 37.3 Å². The Balaban J connectivity index is 2.47. The monoisotopic (exact) mass is 350 g/mol. The third kappa shape index (κ3) is 3.40. The summed E-state index contributed by atoms with van der Waals surface area (Å²) in [6, 6.07) is 5.57. The van der Waals surface area contributed by atoms with Crippen LogP contribution in [0.15, 0.2) is 39.9 Å². The summed E-state index contributed by atoms with van der Waals surface area (Å²) in [6.45, 7) is 4.24. The molecule has 2 heterocycles. The van der Waals surface area contributed by atoms with Gasteiger partial charge in [0.15, 0.2) is 0 Å². The zero-order valence-electron chi connectivity index (χ0n) is 12.3. The van der Waals surface area contributed by atoms with Crippen LogP contribution in [0.5, 0.6) is 0 Å². The molecule has 112 valence electrons. The van der Waals surface area contributed by atoms with E-state index >= 15 is 0 Å². The maximum atomic E-state index is 12.5. The Morgan fingerprint density at radius 3 is 2.81 bits per heavy atom. The fourth-order valence-corrected chi connectivity index (χ4v) is 3.05. The van der Waals surface area contributed by atoms with Crippen LogP contribution in [0.1, 0.15) is 38.3 Å². The highest BCUT2D eigenvalue weighted by Crippen LogP contribution is 2.39. The van der Waals surface area contributed by atoms with E-state index in [0.717, 1.165) is 12.8 Å². The largest absolute Gasteiger partial charge is 0.465 e. The van der Waals surface area contributed by atoms with Crippen molar-refractivity contribution in [2.24, 2.45) is 4.99 Å². The van der Waals surface area contributed by atoms with Crippen LogP contribution in [0.4, 0.5) is 0 Å². The van der Waals surface area contributed by atoms with Crippen molar-refractivity contribution in [3.63, 3.8) is 0 Å². The molecule has 0 spiro atoms. The molecule has 0 aromatic carbocycles. The average Bonchev–Trinajstić information content (AvgIpc) is 2.89. The molecule has 2 rings (SSSR count). The van der Waals surface area contributed by atoms with Crippen LogP contribution in [-0.4, -0.2) is 29.3 Å². The quantitative estimate of drug-likeness (QED) is 0.580. The lowest BCUT2D eigenvalue weighted by molar-refractivity contribution is -0.146. The number of halogens is 1. The number of pyridine rings is 1. The highest BCUT2D eigenvalue weighted by Gasteiger charge is 2.44. The molecule has 0 N–H and O–H groups in total. The Kier molecular flexibility index (Phi) is 5.28. The third-order valence-electron chi connectivity index (χ3n) is 3.49. The van der Waals surface area contributed by atoms with Gasteiger partial charge in [-0.3, -0.25) is 9.79 Å². The van der Waals surface area contributed by atoms with Gasteiger partial charge in [0.25, 0.3) is 0 Å². The molecular formula is C16H19BrN2O2. The minimum absolute atomic E-state index is 0.278. The molecule has 1 aliphatic rings. The van der Waals surface area contributed by atoms with E-state index in [2.05, 4.69) is 32.8 Å². The molecule has 0 aliphatic carbocycles. The van der Waals surface area contributed by atoms with Gasteiger partial charge in [0.1, 0.15) is 10.5 Å². The summed E-state index contributed by atoms with van der Waals surface area (Å²) < 4.78 is 5.98. The summed E-state index contributed by atoms with van der Waals surface area (Å²) >= 11 is 3.36. The molecule has 1 aliphatic heterocycles. The van der Waals surface area contributed by atoms with Crippen LogP contribution in [0, 0.1) is 0 Å². The molecule has 0 bridgehead atoms. The van der Waals surface area contributed by atoms with Gasteiger partial charge in [-0.2, -0.15) is 0 Å². The minimum atomic E-state index is -0.588. The van der Waals surface area contributed by atoms with E-state index < -0.39 is 11.5 Å². The number of hydrogen-bond acceptors (Lipinski definition) is 4. The molecule has 0 fully saturated rings. The first kappa shape index (κ1) is 15.9. The lowest BCUT2D eigenvalue weighted by atomic mass is 9.79. The number of aliphatic imine (C=N–C) groups is 1. The van der Waals surface area contributed by atoms with E-state index in [1.54, 1.807) is 6.21 Å². The molecule has 2 atom stereocenters. The molecule has 1 aromatic heterocycles. The van der Waals surface area contributed by atoms with Gasteiger partial charge in [0.2, 0.25) is 0 Å². The lowest BCUT2D eigenvalue weighted by Crippen LogP contribution is -2.38. The van der Waals surface area contributed by atoms with Gasteiger partial charge in [0.05, 0.1) is 17.8 Å². The molecule has 1 aromatic rings. The number of allylic oxidation sites excluding steroid dienone is 1. The summed E-state index contributed by atoms with van der Waals surface area (Å²) in [7, 11) is 0. The van der Waals surface area contributed by atoms with Crippen LogP contribution in [0.3, 0.4) is 0 Å². The van der Waals surface area contributed by atoms with Crippen molar-refractivity contribution >= 4 is 28.1 Å².